The Morgan fingerprint density at radius 2 is 2.14 bits per heavy atom. The number of halogens is 1. The standard InChI is InChI=1S/C18H23N5O3S.ClH/c1-11-16(23-27-22-11)18(25)21-14-8-13(5-6-15(14)26-2)17(24)20-10-12-4-3-7-19-9-12;/h3-4,7,9,13-15H,5-6,8,10H2,1-2H3,(H,20,24)(H,21,25);1H/t13-,14+,15+;/m0./s1. The Hall–Kier alpha value is -2.10. The molecule has 0 spiro atoms. The van der Waals surface area contributed by atoms with Crippen LogP contribution < -0.4 is 10.6 Å². The number of aromatic nitrogens is 3. The molecule has 0 unspecified atom stereocenters. The summed E-state index contributed by atoms with van der Waals surface area (Å²) in [4.78, 5) is 29.1. The van der Waals surface area contributed by atoms with Crippen molar-refractivity contribution in [2.75, 3.05) is 7.11 Å². The van der Waals surface area contributed by atoms with E-state index in [4.69, 9.17) is 4.74 Å². The molecule has 1 saturated carbocycles. The first kappa shape index (κ1) is 22.2. The second kappa shape index (κ2) is 10.4. The van der Waals surface area contributed by atoms with Crippen molar-refractivity contribution in [3.8, 4) is 0 Å². The second-order valence-corrected chi connectivity index (χ2v) is 7.17. The molecule has 1 aliphatic rings. The van der Waals surface area contributed by atoms with Crippen molar-refractivity contribution in [1.29, 1.82) is 0 Å². The first-order valence-electron chi connectivity index (χ1n) is 8.88. The SMILES string of the molecule is CO[C@@H]1CC[C@H](C(=O)NCc2cccnc2)C[C@H]1NC(=O)c1nsnc1C.Cl. The van der Waals surface area contributed by atoms with Crippen LogP contribution in [0.15, 0.2) is 24.5 Å². The van der Waals surface area contributed by atoms with Gasteiger partial charge in [0.2, 0.25) is 5.91 Å². The maximum absolute atomic E-state index is 12.6. The molecule has 0 aromatic carbocycles. The summed E-state index contributed by atoms with van der Waals surface area (Å²) in [6.07, 6.45) is 5.27. The highest BCUT2D eigenvalue weighted by atomic mass is 35.5. The summed E-state index contributed by atoms with van der Waals surface area (Å²) in [5.41, 5.74) is 1.89. The summed E-state index contributed by atoms with van der Waals surface area (Å²) >= 11 is 1.01. The summed E-state index contributed by atoms with van der Waals surface area (Å²) in [5, 5.41) is 5.93. The molecule has 0 radical (unpaired) electrons. The fourth-order valence-corrected chi connectivity index (χ4v) is 3.87. The summed E-state index contributed by atoms with van der Waals surface area (Å²) in [6, 6.07) is 3.51. The lowest BCUT2D eigenvalue weighted by atomic mass is 9.83. The molecule has 0 bridgehead atoms. The van der Waals surface area contributed by atoms with Crippen molar-refractivity contribution in [2.45, 2.75) is 44.9 Å². The van der Waals surface area contributed by atoms with E-state index in [0.717, 1.165) is 23.7 Å². The minimum absolute atomic E-state index is 0. The number of rotatable bonds is 6. The van der Waals surface area contributed by atoms with Crippen molar-refractivity contribution < 1.29 is 14.3 Å². The number of methoxy groups -OCH3 is 1. The van der Waals surface area contributed by atoms with E-state index in [9.17, 15) is 9.59 Å². The fourth-order valence-electron chi connectivity index (χ4n) is 3.33. The van der Waals surface area contributed by atoms with Gasteiger partial charge in [-0.25, -0.2) is 0 Å². The van der Waals surface area contributed by atoms with Gasteiger partial charge >= 0.3 is 0 Å². The quantitative estimate of drug-likeness (QED) is 0.732. The van der Waals surface area contributed by atoms with Gasteiger partial charge in [-0.05, 0) is 37.8 Å². The first-order valence-corrected chi connectivity index (χ1v) is 9.61. The molecule has 2 aromatic rings. The van der Waals surface area contributed by atoms with Crippen molar-refractivity contribution in [3.63, 3.8) is 0 Å². The van der Waals surface area contributed by atoms with Gasteiger partial charge in [-0.2, -0.15) is 8.75 Å². The highest BCUT2D eigenvalue weighted by molar-refractivity contribution is 6.99. The van der Waals surface area contributed by atoms with Crippen LogP contribution in [-0.4, -0.2) is 44.8 Å². The van der Waals surface area contributed by atoms with Crippen LogP contribution in [0.2, 0.25) is 0 Å². The molecule has 10 heteroatoms. The average Bonchev–Trinajstić information content (AvgIpc) is 3.13. The van der Waals surface area contributed by atoms with E-state index in [1.165, 1.54) is 0 Å². The minimum atomic E-state index is -0.273. The number of carbonyl (C=O) groups is 2. The van der Waals surface area contributed by atoms with Crippen LogP contribution in [0.1, 0.15) is 41.0 Å². The molecule has 1 fully saturated rings. The first-order chi connectivity index (χ1) is 13.1. The number of pyridine rings is 1. The molecule has 8 nitrogen and oxygen atoms in total. The Labute approximate surface area is 174 Å². The molecule has 2 heterocycles. The lowest BCUT2D eigenvalue weighted by Crippen LogP contribution is -2.50. The van der Waals surface area contributed by atoms with Crippen LogP contribution >= 0.6 is 24.1 Å². The molecule has 3 rings (SSSR count). The van der Waals surface area contributed by atoms with E-state index >= 15 is 0 Å². The van der Waals surface area contributed by atoms with E-state index in [-0.39, 0.29) is 42.3 Å². The van der Waals surface area contributed by atoms with Gasteiger partial charge in [0.15, 0.2) is 5.69 Å². The van der Waals surface area contributed by atoms with Crippen LogP contribution in [0.25, 0.3) is 0 Å². The number of carbonyl (C=O) groups excluding carboxylic acids is 2. The predicted octanol–water partition coefficient (Wildman–Crippen LogP) is 1.89. The second-order valence-electron chi connectivity index (χ2n) is 6.64. The van der Waals surface area contributed by atoms with Gasteiger partial charge in [0, 0.05) is 32.0 Å². The van der Waals surface area contributed by atoms with Crippen LogP contribution in [0.5, 0.6) is 0 Å². The Bertz CT molecular complexity index is 789. The number of nitrogens with zero attached hydrogens (tertiary/aromatic N) is 3. The maximum atomic E-state index is 12.6. The molecule has 2 amide bonds. The molecule has 0 aliphatic heterocycles. The van der Waals surface area contributed by atoms with Gasteiger partial charge in [-0.1, -0.05) is 6.07 Å². The Morgan fingerprint density at radius 3 is 2.79 bits per heavy atom. The smallest absolute Gasteiger partial charge is 0.273 e. The molecule has 3 atom stereocenters. The number of hydrogen-bond donors (Lipinski definition) is 2. The molecule has 2 N–H and O–H groups in total. The third-order valence-electron chi connectivity index (χ3n) is 4.83. The number of amides is 2. The zero-order valence-electron chi connectivity index (χ0n) is 15.8. The minimum Gasteiger partial charge on any atom is -0.379 e. The Balaban J connectivity index is 0.00000280. The van der Waals surface area contributed by atoms with Crippen molar-refractivity contribution >= 4 is 35.9 Å². The summed E-state index contributed by atoms with van der Waals surface area (Å²) in [6.45, 7) is 2.19. The highest BCUT2D eigenvalue weighted by Gasteiger charge is 2.35. The molecule has 28 heavy (non-hydrogen) atoms. The monoisotopic (exact) mass is 425 g/mol. The fraction of sp³-hybridized carbons (Fsp3) is 0.500. The normalized spacial score (nSPS) is 21.4. The Kier molecular flexibility index (Phi) is 8.28. The molecule has 2 aromatic heterocycles. The zero-order valence-corrected chi connectivity index (χ0v) is 17.4. The van der Waals surface area contributed by atoms with Gasteiger partial charge in [0.05, 0.1) is 29.6 Å². The van der Waals surface area contributed by atoms with Gasteiger partial charge in [-0.15, -0.1) is 12.4 Å². The molecular formula is C18H24ClN5O3S. The maximum Gasteiger partial charge on any atom is 0.273 e. The van der Waals surface area contributed by atoms with E-state index in [1.807, 2.05) is 12.1 Å². The predicted molar refractivity (Wildman–Crippen MR) is 107 cm³/mol. The van der Waals surface area contributed by atoms with Crippen LogP contribution in [0.4, 0.5) is 0 Å². The summed E-state index contributed by atoms with van der Waals surface area (Å²) < 4.78 is 13.6. The number of aryl methyl sites for hydroxylation is 1. The van der Waals surface area contributed by atoms with E-state index < -0.39 is 0 Å². The summed E-state index contributed by atoms with van der Waals surface area (Å²) in [5.74, 6) is -0.461. The molecular weight excluding hydrogens is 402 g/mol. The van der Waals surface area contributed by atoms with Gasteiger partial charge in [0.25, 0.3) is 5.91 Å². The lowest BCUT2D eigenvalue weighted by Gasteiger charge is -2.35. The van der Waals surface area contributed by atoms with Crippen molar-refractivity contribution in [2.24, 2.45) is 5.92 Å². The van der Waals surface area contributed by atoms with Gasteiger partial charge in [0.1, 0.15) is 0 Å². The largest absolute Gasteiger partial charge is 0.379 e. The summed E-state index contributed by atoms with van der Waals surface area (Å²) in [7, 11) is 1.63. The Morgan fingerprint density at radius 1 is 1.32 bits per heavy atom. The third-order valence-corrected chi connectivity index (χ3v) is 5.45. The van der Waals surface area contributed by atoms with E-state index in [0.29, 0.717) is 30.8 Å². The molecule has 0 saturated heterocycles. The number of nitrogens with one attached hydrogen (secondary N) is 2. The van der Waals surface area contributed by atoms with Crippen LogP contribution in [-0.2, 0) is 16.1 Å². The molecule has 1 aliphatic carbocycles. The average molecular weight is 426 g/mol. The van der Waals surface area contributed by atoms with Crippen molar-refractivity contribution in [1.82, 2.24) is 24.4 Å². The topological polar surface area (TPSA) is 106 Å². The zero-order chi connectivity index (χ0) is 19.2. The van der Waals surface area contributed by atoms with E-state index in [2.05, 4.69) is 24.4 Å². The third kappa shape index (κ3) is 5.46. The van der Waals surface area contributed by atoms with E-state index in [1.54, 1.807) is 26.4 Å². The van der Waals surface area contributed by atoms with Crippen molar-refractivity contribution in [3.05, 3.63) is 41.5 Å². The van der Waals surface area contributed by atoms with Gasteiger partial charge < -0.3 is 15.4 Å². The lowest BCUT2D eigenvalue weighted by molar-refractivity contribution is -0.127. The highest BCUT2D eigenvalue weighted by Crippen LogP contribution is 2.27. The van der Waals surface area contributed by atoms with Gasteiger partial charge in [-0.3, -0.25) is 14.6 Å². The number of hydrogen-bond acceptors (Lipinski definition) is 7. The van der Waals surface area contributed by atoms with Crippen LogP contribution in [0, 0.1) is 12.8 Å². The van der Waals surface area contributed by atoms with Crippen LogP contribution in [0.3, 0.4) is 0 Å². The number of ether oxygens (including phenoxy) is 1. The molecule has 152 valence electrons.